The number of benzene rings is 4. The number of anilines is 1. The third kappa shape index (κ3) is 7.73. The molecule has 8 nitrogen and oxygen atoms in total. The van der Waals surface area contributed by atoms with Gasteiger partial charge in [-0.25, -0.2) is 13.8 Å². The van der Waals surface area contributed by atoms with Crippen molar-refractivity contribution >= 4 is 27.8 Å². The Kier molecular flexibility index (Phi) is 9.41. The van der Waals surface area contributed by atoms with E-state index in [0.29, 0.717) is 29.4 Å². The number of aryl methyl sites for hydroxylation is 3. The van der Waals surface area contributed by atoms with Gasteiger partial charge in [-0.05, 0) is 85.5 Å². The molecule has 0 radical (unpaired) electrons. The number of nitrogens with zero attached hydrogens (tertiary/aromatic N) is 2. The zero-order chi connectivity index (χ0) is 29.4. The van der Waals surface area contributed by atoms with Crippen molar-refractivity contribution in [2.24, 2.45) is 5.10 Å². The van der Waals surface area contributed by atoms with E-state index >= 15 is 0 Å². The summed E-state index contributed by atoms with van der Waals surface area (Å²) >= 11 is 0. The lowest BCUT2D eigenvalue weighted by molar-refractivity contribution is -0.119. The van der Waals surface area contributed by atoms with E-state index in [-0.39, 0.29) is 4.90 Å². The van der Waals surface area contributed by atoms with Gasteiger partial charge in [0.1, 0.15) is 13.2 Å². The fourth-order valence-electron chi connectivity index (χ4n) is 4.21. The van der Waals surface area contributed by atoms with Gasteiger partial charge in [0.2, 0.25) is 0 Å². The molecule has 1 N–H and O–H groups in total. The molecular weight excluding hydrogens is 538 g/mol. The van der Waals surface area contributed by atoms with E-state index in [2.05, 4.69) is 10.5 Å². The third-order valence-electron chi connectivity index (χ3n) is 6.22. The molecule has 0 aliphatic rings. The molecule has 1 amide bonds. The summed E-state index contributed by atoms with van der Waals surface area (Å²) < 4.78 is 39.7. The van der Waals surface area contributed by atoms with Gasteiger partial charge in [-0.3, -0.25) is 9.10 Å². The molecule has 0 bridgehead atoms. The molecule has 0 unspecified atom stereocenters. The summed E-state index contributed by atoms with van der Waals surface area (Å²) in [6, 6.07) is 27.0. The highest BCUT2D eigenvalue weighted by Gasteiger charge is 2.27. The van der Waals surface area contributed by atoms with Gasteiger partial charge in [0, 0.05) is 0 Å². The van der Waals surface area contributed by atoms with E-state index in [9.17, 15) is 13.2 Å². The maximum absolute atomic E-state index is 13.6. The van der Waals surface area contributed by atoms with Crippen molar-refractivity contribution in [3.8, 4) is 11.5 Å². The second-order valence-corrected chi connectivity index (χ2v) is 11.5. The molecule has 0 fully saturated rings. The lowest BCUT2D eigenvalue weighted by Crippen LogP contribution is -2.39. The SMILES string of the molecule is COc1cc(/C=N\NC(=O)CN(c2cc(C)cc(C)c2)S(=O)(=O)c2ccc(C)cc2)ccc1OCc1ccccc1. The molecule has 0 spiro atoms. The second-order valence-electron chi connectivity index (χ2n) is 9.65. The number of hydrogen-bond donors (Lipinski definition) is 1. The van der Waals surface area contributed by atoms with Gasteiger partial charge in [0.05, 0.1) is 23.9 Å². The molecule has 41 heavy (non-hydrogen) atoms. The Hall–Kier alpha value is -4.63. The second kappa shape index (κ2) is 13.1. The van der Waals surface area contributed by atoms with Crippen LogP contribution in [0.25, 0.3) is 0 Å². The topological polar surface area (TPSA) is 97.3 Å². The van der Waals surface area contributed by atoms with E-state index in [1.165, 1.54) is 18.3 Å². The Balaban J connectivity index is 1.48. The van der Waals surface area contributed by atoms with Crippen LogP contribution in [0.15, 0.2) is 101 Å². The van der Waals surface area contributed by atoms with Crippen molar-refractivity contribution in [3.63, 3.8) is 0 Å². The maximum Gasteiger partial charge on any atom is 0.264 e. The summed E-state index contributed by atoms with van der Waals surface area (Å²) in [5.74, 6) is 0.496. The predicted molar refractivity (Wildman–Crippen MR) is 161 cm³/mol. The van der Waals surface area contributed by atoms with Gasteiger partial charge >= 0.3 is 0 Å². The molecule has 9 heteroatoms. The fourth-order valence-corrected chi connectivity index (χ4v) is 5.62. The van der Waals surface area contributed by atoms with Gasteiger partial charge in [0.25, 0.3) is 15.9 Å². The molecule has 0 aliphatic carbocycles. The first kappa shape index (κ1) is 29.4. The first-order valence-corrected chi connectivity index (χ1v) is 14.4. The van der Waals surface area contributed by atoms with Gasteiger partial charge < -0.3 is 9.47 Å². The lowest BCUT2D eigenvalue weighted by Gasteiger charge is -2.24. The van der Waals surface area contributed by atoms with E-state index < -0.39 is 22.5 Å². The summed E-state index contributed by atoms with van der Waals surface area (Å²) in [5, 5.41) is 4.05. The average Bonchev–Trinajstić information content (AvgIpc) is 2.95. The monoisotopic (exact) mass is 571 g/mol. The smallest absolute Gasteiger partial charge is 0.264 e. The highest BCUT2D eigenvalue weighted by Crippen LogP contribution is 2.29. The first-order valence-electron chi connectivity index (χ1n) is 13.0. The van der Waals surface area contributed by atoms with Gasteiger partial charge in [-0.2, -0.15) is 5.10 Å². The molecular formula is C32H33N3O5S. The highest BCUT2D eigenvalue weighted by atomic mass is 32.2. The normalized spacial score (nSPS) is 11.3. The van der Waals surface area contributed by atoms with Crippen LogP contribution in [0.3, 0.4) is 0 Å². The van der Waals surface area contributed by atoms with Crippen LogP contribution in [0.5, 0.6) is 11.5 Å². The molecule has 0 aromatic heterocycles. The minimum Gasteiger partial charge on any atom is -0.493 e. The van der Waals surface area contributed by atoms with E-state index in [1.807, 2.05) is 57.2 Å². The quantitative estimate of drug-likeness (QED) is 0.188. The molecule has 0 saturated carbocycles. The van der Waals surface area contributed by atoms with Crippen molar-refractivity contribution in [1.29, 1.82) is 0 Å². The summed E-state index contributed by atoms with van der Waals surface area (Å²) in [5.41, 5.74) is 7.23. The van der Waals surface area contributed by atoms with Crippen LogP contribution in [0.1, 0.15) is 27.8 Å². The van der Waals surface area contributed by atoms with Crippen molar-refractivity contribution < 1.29 is 22.7 Å². The summed E-state index contributed by atoms with van der Waals surface area (Å²) in [6.45, 7) is 5.58. The van der Waals surface area contributed by atoms with Crippen LogP contribution in [-0.4, -0.2) is 34.2 Å². The number of methoxy groups -OCH3 is 1. The third-order valence-corrected chi connectivity index (χ3v) is 8.01. The van der Waals surface area contributed by atoms with Crippen molar-refractivity contribution in [1.82, 2.24) is 5.43 Å². The van der Waals surface area contributed by atoms with Gasteiger partial charge in [-0.1, -0.05) is 54.1 Å². The molecule has 0 saturated heterocycles. The number of rotatable bonds is 11. The van der Waals surface area contributed by atoms with Crippen molar-refractivity contribution in [3.05, 3.63) is 119 Å². The Morgan fingerprint density at radius 1 is 0.854 bits per heavy atom. The average molecular weight is 572 g/mol. The highest BCUT2D eigenvalue weighted by molar-refractivity contribution is 7.92. The number of carbonyl (C=O) groups is 1. The number of hydrogen-bond acceptors (Lipinski definition) is 6. The largest absolute Gasteiger partial charge is 0.493 e. The number of nitrogens with one attached hydrogen (secondary N) is 1. The Morgan fingerprint density at radius 3 is 2.20 bits per heavy atom. The van der Waals surface area contributed by atoms with Crippen LogP contribution in [-0.2, 0) is 21.4 Å². The Morgan fingerprint density at radius 2 is 1.54 bits per heavy atom. The molecule has 0 atom stereocenters. The van der Waals surface area contributed by atoms with E-state index in [4.69, 9.17) is 9.47 Å². The van der Waals surface area contributed by atoms with Crippen LogP contribution in [0.2, 0.25) is 0 Å². The zero-order valence-electron chi connectivity index (χ0n) is 23.5. The molecule has 4 aromatic carbocycles. The van der Waals surface area contributed by atoms with Gasteiger partial charge in [0.15, 0.2) is 11.5 Å². The minimum absolute atomic E-state index is 0.0974. The van der Waals surface area contributed by atoms with Crippen LogP contribution >= 0.6 is 0 Å². The van der Waals surface area contributed by atoms with E-state index in [1.54, 1.807) is 49.6 Å². The predicted octanol–water partition coefficient (Wildman–Crippen LogP) is 5.55. The Labute approximate surface area is 241 Å². The Bertz CT molecular complexity index is 1620. The maximum atomic E-state index is 13.6. The molecule has 4 rings (SSSR count). The number of ether oxygens (including phenoxy) is 2. The molecule has 4 aromatic rings. The lowest BCUT2D eigenvalue weighted by atomic mass is 10.1. The number of amides is 1. The number of hydrazone groups is 1. The zero-order valence-corrected chi connectivity index (χ0v) is 24.3. The summed E-state index contributed by atoms with van der Waals surface area (Å²) in [6.07, 6.45) is 1.46. The fraction of sp³-hybridized carbons (Fsp3) is 0.188. The molecule has 212 valence electrons. The molecule has 0 heterocycles. The number of carbonyl (C=O) groups excluding carboxylic acids is 1. The van der Waals surface area contributed by atoms with Crippen molar-refractivity contribution in [2.75, 3.05) is 18.0 Å². The summed E-state index contributed by atoms with van der Waals surface area (Å²) in [4.78, 5) is 13.0. The molecule has 0 aliphatic heterocycles. The van der Waals surface area contributed by atoms with Crippen LogP contribution in [0.4, 0.5) is 5.69 Å². The summed E-state index contributed by atoms with van der Waals surface area (Å²) in [7, 11) is -2.48. The van der Waals surface area contributed by atoms with Crippen LogP contribution < -0.4 is 19.2 Å². The minimum atomic E-state index is -4.03. The number of sulfonamides is 1. The standard InChI is InChI=1S/C32H33N3O5S/c1-23-10-13-29(14-11-23)41(37,38)35(28-17-24(2)16-25(3)18-28)21-32(36)34-33-20-27-12-15-30(31(19-27)39-4)40-22-26-8-6-5-7-9-26/h5-20H,21-22H2,1-4H3,(H,34,36)/b33-20-. The van der Waals surface area contributed by atoms with E-state index in [0.717, 1.165) is 26.6 Å². The van der Waals surface area contributed by atoms with Crippen LogP contribution in [0, 0.1) is 20.8 Å². The van der Waals surface area contributed by atoms with Gasteiger partial charge in [-0.15, -0.1) is 0 Å². The first-order chi connectivity index (χ1) is 19.7. The van der Waals surface area contributed by atoms with Crippen molar-refractivity contribution in [2.45, 2.75) is 32.3 Å².